The van der Waals surface area contributed by atoms with Gasteiger partial charge in [0.15, 0.2) is 0 Å². The van der Waals surface area contributed by atoms with Crippen LogP contribution in [-0.4, -0.2) is 37.5 Å². The fourth-order valence-corrected chi connectivity index (χ4v) is 5.71. The number of aryl methyl sites for hydroxylation is 1. The molecule has 0 bridgehead atoms. The van der Waals surface area contributed by atoms with Crippen molar-refractivity contribution in [1.82, 2.24) is 4.90 Å². The van der Waals surface area contributed by atoms with Crippen LogP contribution >= 0.6 is 0 Å². The Hall–Kier alpha value is -3.00. The maximum atomic E-state index is 13.0. The quantitative estimate of drug-likeness (QED) is 0.313. The van der Waals surface area contributed by atoms with E-state index in [1.165, 1.54) is 19.1 Å². The second kappa shape index (κ2) is 11.2. The molecule has 0 saturated heterocycles. The maximum absolute atomic E-state index is 13.0. The van der Waals surface area contributed by atoms with Crippen molar-refractivity contribution in [2.45, 2.75) is 62.9 Å². The molecule has 1 aliphatic rings. The highest BCUT2D eigenvalue weighted by Gasteiger charge is 2.44. The van der Waals surface area contributed by atoms with E-state index in [2.05, 4.69) is 29.2 Å². The summed E-state index contributed by atoms with van der Waals surface area (Å²) >= 11 is 0. The first-order valence-electron chi connectivity index (χ1n) is 11.8. The predicted octanol–water partition coefficient (Wildman–Crippen LogP) is 4.87. The van der Waals surface area contributed by atoms with E-state index in [1.54, 1.807) is 12.1 Å². The van der Waals surface area contributed by atoms with Crippen LogP contribution in [0, 0.1) is 6.92 Å². The Morgan fingerprint density at radius 3 is 1.91 bits per heavy atom. The SMILES string of the molecule is CC(=O)O[C@@H]1[C@H](N(Cc2ccccc2)Cc2ccccc2)CC[C@H]1OS(=O)(=O)c1ccc(C)cc1. The first-order chi connectivity index (χ1) is 16.8. The summed E-state index contributed by atoms with van der Waals surface area (Å²) in [5.41, 5.74) is 3.21. The van der Waals surface area contributed by atoms with Crippen molar-refractivity contribution in [2.75, 3.05) is 0 Å². The first-order valence-corrected chi connectivity index (χ1v) is 13.2. The Bertz CT molecular complexity index is 1170. The number of benzene rings is 3. The molecule has 35 heavy (non-hydrogen) atoms. The molecule has 4 rings (SSSR count). The molecule has 1 saturated carbocycles. The van der Waals surface area contributed by atoms with Crippen LogP contribution in [-0.2, 0) is 36.9 Å². The highest BCUT2D eigenvalue weighted by Crippen LogP contribution is 2.34. The topological polar surface area (TPSA) is 72.9 Å². The van der Waals surface area contributed by atoms with Crippen LogP contribution < -0.4 is 0 Å². The van der Waals surface area contributed by atoms with Crippen molar-refractivity contribution in [2.24, 2.45) is 0 Å². The number of carbonyl (C=O) groups excluding carboxylic acids is 1. The molecule has 0 radical (unpaired) electrons. The summed E-state index contributed by atoms with van der Waals surface area (Å²) in [7, 11) is -4.01. The minimum atomic E-state index is -4.01. The second-order valence-electron chi connectivity index (χ2n) is 9.00. The largest absolute Gasteiger partial charge is 0.458 e. The van der Waals surface area contributed by atoms with E-state index >= 15 is 0 Å². The summed E-state index contributed by atoms with van der Waals surface area (Å²) < 4.78 is 37.4. The van der Waals surface area contributed by atoms with Crippen molar-refractivity contribution in [3.63, 3.8) is 0 Å². The number of rotatable bonds is 9. The molecule has 0 aliphatic heterocycles. The zero-order valence-electron chi connectivity index (χ0n) is 20.0. The Morgan fingerprint density at radius 2 is 1.40 bits per heavy atom. The minimum Gasteiger partial charge on any atom is -0.458 e. The molecule has 0 heterocycles. The molecule has 6 nitrogen and oxygen atoms in total. The molecule has 0 aromatic heterocycles. The third kappa shape index (κ3) is 6.57. The van der Waals surface area contributed by atoms with Gasteiger partial charge in [-0.3, -0.25) is 13.9 Å². The fraction of sp³-hybridized carbons (Fsp3) is 0.321. The highest BCUT2D eigenvalue weighted by molar-refractivity contribution is 7.86. The molecule has 0 spiro atoms. The Kier molecular flexibility index (Phi) is 8.00. The molecule has 0 unspecified atom stereocenters. The average molecular weight is 494 g/mol. The van der Waals surface area contributed by atoms with Gasteiger partial charge < -0.3 is 4.74 Å². The summed E-state index contributed by atoms with van der Waals surface area (Å²) in [5.74, 6) is -0.456. The second-order valence-corrected chi connectivity index (χ2v) is 10.6. The van der Waals surface area contributed by atoms with Gasteiger partial charge in [-0.25, -0.2) is 0 Å². The van der Waals surface area contributed by atoms with Gasteiger partial charge in [0.25, 0.3) is 10.1 Å². The van der Waals surface area contributed by atoms with E-state index in [0.717, 1.165) is 16.7 Å². The van der Waals surface area contributed by atoms with Crippen LogP contribution in [0.25, 0.3) is 0 Å². The van der Waals surface area contributed by atoms with Crippen LogP contribution in [0.2, 0.25) is 0 Å². The van der Waals surface area contributed by atoms with Gasteiger partial charge in [0.1, 0.15) is 12.2 Å². The molecular weight excluding hydrogens is 462 g/mol. The van der Waals surface area contributed by atoms with Crippen LogP contribution in [0.5, 0.6) is 0 Å². The van der Waals surface area contributed by atoms with Crippen LogP contribution in [0.1, 0.15) is 36.5 Å². The normalized spacial score (nSPS) is 20.1. The molecule has 3 atom stereocenters. The van der Waals surface area contributed by atoms with E-state index < -0.39 is 28.3 Å². The molecule has 7 heteroatoms. The third-order valence-corrected chi connectivity index (χ3v) is 7.63. The van der Waals surface area contributed by atoms with Crippen molar-refractivity contribution >= 4 is 16.1 Å². The standard InChI is InChI=1S/C28H31NO5S/c1-21-13-15-25(16-14-21)35(31,32)34-27-18-17-26(28(27)33-22(2)30)29(19-23-9-5-3-6-10-23)20-24-11-7-4-8-12-24/h3-16,26-28H,17-20H2,1-2H3/t26-,27-,28-/m1/s1. The predicted molar refractivity (Wildman–Crippen MR) is 134 cm³/mol. The number of hydrogen-bond donors (Lipinski definition) is 0. The van der Waals surface area contributed by atoms with Crippen molar-refractivity contribution in [1.29, 1.82) is 0 Å². The van der Waals surface area contributed by atoms with E-state index in [4.69, 9.17) is 8.92 Å². The molecule has 0 amide bonds. The zero-order valence-corrected chi connectivity index (χ0v) is 20.9. The summed E-state index contributed by atoms with van der Waals surface area (Å²) in [6, 6.07) is 26.5. The zero-order chi connectivity index (χ0) is 24.8. The maximum Gasteiger partial charge on any atom is 0.303 e. The average Bonchev–Trinajstić information content (AvgIpc) is 3.21. The van der Waals surface area contributed by atoms with Gasteiger partial charge >= 0.3 is 5.97 Å². The molecule has 3 aromatic carbocycles. The molecule has 1 aliphatic carbocycles. The highest BCUT2D eigenvalue weighted by atomic mass is 32.2. The van der Waals surface area contributed by atoms with Crippen molar-refractivity contribution in [3.8, 4) is 0 Å². The van der Waals surface area contributed by atoms with Gasteiger partial charge in [-0.05, 0) is 43.0 Å². The molecular formula is C28H31NO5S. The monoisotopic (exact) mass is 493 g/mol. The van der Waals surface area contributed by atoms with Gasteiger partial charge in [-0.2, -0.15) is 8.42 Å². The number of carbonyl (C=O) groups is 1. The van der Waals surface area contributed by atoms with E-state index in [1.807, 2.05) is 43.3 Å². The first kappa shape index (κ1) is 25.1. The van der Waals surface area contributed by atoms with Crippen molar-refractivity contribution < 1.29 is 22.1 Å². The summed E-state index contributed by atoms with van der Waals surface area (Å²) in [5, 5.41) is 0. The van der Waals surface area contributed by atoms with Gasteiger partial charge in [0.05, 0.1) is 10.9 Å². The summed E-state index contributed by atoms with van der Waals surface area (Å²) in [4.78, 5) is 14.4. The minimum absolute atomic E-state index is 0.0959. The lowest BCUT2D eigenvalue weighted by molar-refractivity contribution is -0.153. The number of nitrogens with zero attached hydrogens (tertiary/aromatic N) is 1. The number of hydrogen-bond acceptors (Lipinski definition) is 6. The lowest BCUT2D eigenvalue weighted by Crippen LogP contribution is -2.45. The Morgan fingerprint density at radius 1 is 0.857 bits per heavy atom. The molecule has 0 N–H and O–H groups in total. The summed E-state index contributed by atoms with van der Waals surface area (Å²) in [6.45, 7) is 4.51. The lowest BCUT2D eigenvalue weighted by Gasteiger charge is -2.34. The van der Waals surface area contributed by atoms with E-state index in [-0.39, 0.29) is 10.9 Å². The Balaban J connectivity index is 1.60. The van der Waals surface area contributed by atoms with Gasteiger partial charge in [0.2, 0.25) is 0 Å². The Labute approximate surface area is 207 Å². The van der Waals surface area contributed by atoms with Crippen LogP contribution in [0.4, 0.5) is 0 Å². The smallest absolute Gasteiger partial charge is 0.303 e. The number of esters is 1. The molecule has 3 aromatic rings. The van der Waals surface area contributed by atoms with Gasteiger partial charge in [-0.15, -0.1) is 0 Å². The van der Waals surface area contributed by atoms with E-state index in [9.17, 15) is 13.2 Å². The van der Waals surface area contributed by atoms with Crippen molar-refractivity contribution in [3.05, 3.63) is 102 Å². The molecule has 1 fully saturated rings. The van der Waals surface area contributed by atoms with E-state index in [0.29, 0.717) is 25.9 Å². The molecule has 184 valence electrons. The lowest BCUT2D eigenvalue weighted by atomic mass is 10.1. The van der Waals surface area contributed by atoms with Crippen LogP contribution in [0.3, 0.4) is 0 Å². The van der Waals surface area contributed by atoms with Gasteiger partial charge in [0, 0.05) is 20.0 Å². The number of ether oxygens (including phenoxy) is 1. The fourth-order valence-electron chi connectivity index (χ4n) is 4.60. The van der Waals surface area contributed by atoms with Gasteiger partial charge in [-0.1, -0.05) is 78.4 Å². The third-order valence-electron chi connectivity index (χ3n) is 6.28. The van der Waals surface area contributed by atoms with Crippen LogP contribution in [0.15, 0.2) is 89.8 Å². The summed E-state index contributed by atoms with van der Waals surface area (Å²) in [6.07, 6.45) is -0.358.